The van der Waals surface area contributed by atoms with Crippen molar-refractivity contribution < 1.29 is 17.9 Å². The van der Waals surface area contributed by atoms with E-state index in [1.807, 2.05) is 0 Å². The van der Waals surface area contributed by atoms with E-state index in [4.69, 9.17) is 10.6 Å². The van der Waals surface area contributed by atoms with Gasteiger partial charge in [0.15, 0.2) is 0 Å². The van der Waals surface area contributed by atoms with Crippen molar-refractivity contribution in [1.82, 2.24) is 5.43 Å². The van der Waals surface area contributed by atoms with Gasteiger partial charge in [-0.3, -0.25) is 4.99 Å². The molecule has 0 atom stereocenters. The Balaban J connectivity index is 2.31. The number of aliphatic imine (C=N–C) groups is 1. The number of amidine groups is 1. The number of benzene rings is 1. The fourth-order valence-electron chi connectivity index (χ4n) is 1.79. The minimum atomic E-state index is -4.41. The van der Waals surface area contributed by atoms with Gasteiger partial charge in [0.1, 0.15) is 11.6 Å². The molecule has 2 rings (SSSR count). The van der Waals surface area contributed by atoms with E-state index in [1.54, 1.807) is 0 Å². The number of hydrazine groups is 1. The molecule has 0 heterocycles. The Hall–Kier alpha value is -1.76. The summed E-state index contributed by atoms with van der Waals surface area (Å²) in [5.41, 5.74) is 2.08. The molecular weight excluding hydrogens is 271 g/mol. The molecule has 0 aliphatic heterocycles. The highest BCUT2D eigenvalue weighted by Gasteiger charge is 2.31. The SMILES string of the molecule is COc1cc(C(F)(F)F)ccc1C(=NCC1CC1)NN. The van der Waals surface area contributed by atoms with Gasteiger partial charge in [0.2, 0.25) is 0 Å². The van der Waals surface area contributed by atoms with Crippen molar-refractivity contribution in [3.8, 4) is 5.75 Å². The molecule has 7 heteroatoms. The summed E-state index contributed by atoms with van der Waals surface area (Å²) in [7, 11) is 1.31. The van der Waals surface area contributed by atoms with Gasteiger partial charge in [0.25, 0.3) is 0 Å². The molecule has 0 spiro atoms. The summed E-state index contributed by atoms with van der Waals surface area (Å²) in [6.07, 6.45) is -2.15. The largest absolute Gasteiger partial charge is 0.496 e. The number of nitrogens with one attached hydrogen (secondary N) is 1. The first-order valence-electron chi connectivity index (χ1n) is 6.22. The van der Waals surface area contributed by atoms with E-state index < -0.39 is 11.7 Å². The van der Waals surface area contributed by atoms with Gasteiger partial charge in [0, 0.05) is 6.54 Å². The average molecular weight is 287 g/mol. The molecule has 0 radical (unpaired) electrons. The lowest BCUT2D eigenvalue weighted by Crippen LogP contribution is -2.32. The van der Waals surface area contributed by atoms with Crippen LogP contribution in [-0.2, 0) is 6.18 Å². The van der Waals surface area contributed by atoms with E-state index in [-0.39, 0.29) is 5.75 Å². The average Bonchev–Trinajstić information content (AvgIpc) is 3.22. The van der Waals surface area contributed by atoms with Gasteiger partial charge >= 0.3 is 6.18 Å². The number of nitrogens with two attached hydrogens (primary N) is 1. The van der Waals surface area contributed by atoms with Crippen LogP contribution < -0.4 is 16.0 Å². The molecular formula is C13H16F3N3O. The number of hydrogen-bond acceptors (Lipinski definition) is 3. The van der Waals surface area contributed by atoms with Crippen molar-refractivity contribution in [3.05, 3.63) is 29.3 Å². The summed E-state index contributed by atoms with van der Waals surface area (Å²) in [4.78, 5) is 4.29. The van der Waals surface area contributed by atoms with E-state index in [0.717, 1.165) is 25.0 Å². The highest BCUT2D eigenvalue weighted by molar-refractivity contribution is 6.00. The highest BCUT2D eigenvalue weighted by atomic mass is 19.4. The Morgan fingerprint density at radius 3 is 2.65 bits per heavy atom. The van der Waals surface area contributed by atoms with Crippen LogP contribution in [0, 0.1) is 5.92 Å². The fourth-order valence-corrected chi connectivity index (χ4v) is 1.79. The van der Waals surface area contributed by atoms with Crippen molar-refractivity contribution in [1.29, 1.82) is 0 Å². The molecule has 0 unspecified atom stereocenters. The van der Waals surface area contributed by atoms with Crippen molar-refractivity contribution in [3.63, 3.8) is 0 Å². The third kappa shape index (κ3) is 3.41. The van der Waals surface area contributed by atoms with Crippen molar-refractivity contribution in [2.75, 3.05) is 13.7 Å². The Kier molecular flexibility index (Phi) is 4.17. The van der Waals surface area contributed by atoms with Gasteiger partial charge in [-0.2, -0.15) is 13.2 Å². The first-order chi connectivity index (χ1) is 9.45. The number of ether oxygens (including phenoxy) is 1. The van der Waals surface area contributed by atoms with Crippen LogP contribution in [0.5, 0.6) is 5.75 Å². The normalized spacial score (nSPS) is 16.1. The van der Waals surface area contributed by atoms with Gasteiger partial charge < -0.3 is 10.2 Å². The second-order valence-corrected chi connectivity index (χ2v) is 4.69. The topological polar surface area (TPSA) is 59.6 Å². The van der Waals surface area contributed by atoms with Crippen LogP contribution in [0.2, 0.25) is 0 Å². The molecule has 0 amide bonds. The van der Waals surface area contributed by atoms with Gasteiger partial charge in [-0.15, -0.1) is 0 Å². The van der Waals surface area contributed by atoms with E-state index in [2.05, 4.69) is 10.4 Å². The third-order valence-electron chi connectivity index (χ3n) is 3.13. The lowest BCUT2D eigenvalue weighted by Gasteiger charge is -2.14. The van der Waals surface area contributed by atoms with E-state index in [1.165, 1.54) is 13.2 Å². The second kappa shape index (κ2) is 5.70. The van der Waals surface area contributed by atoms with E-state index in [0.29, 0.717) is 23.9 Å². The molecule has 1 fully saturated rings. The summed E-state index contributed by atoms with van der Waals surface area (Å²) in [6.45, 7) is 0.615. The third-order valence-corrected chi connectivity index (χ3v) is 3.13. The number of halogens is 3. The summed E-state index contributed by atoms with van der Waals surface area (Å²) in [5.74, 6) is 6.38. The van der Waals surface area contributed by atoms with E-state index >= 15 is 0 Å². The first kappa shape index (κ1) is 14.6. The minimum Gasteiger partial charge on any atom is -0.496 e. The summed E-state index contributed by atoms with van der Waals surface area (Å²) in [6, 6.07) is 3.24. The number of rotatable bonds is 4. The van der Waals surface area contributed by atoms with Crippen molar-refractivity contribution >= 4 is 5.84 Å². The zero-order valence-electron chi connectivity index (χ0n) is 11.0. The number of alkyl halides is 3. The maximum Gasteiger partial charge on any atom is 0.416 e. The predicted molar refractivity (Wildman–Crippen MR) is 69.4 cm³/mol. The Morgan fingerprint density at radius 1 is 1.45 bits per heavy atom. The van der Waals surface area contributed by atoms with Crippen LogP contribution in [0.3, 0.4) is 0 Å². The second-order valence-electron chi connectivity index (χ2n) is 4.69. The maximum absolute atomic E-state index is 12.7. The van der Waals surface area contributed by atoms with Gasteiger partial charge in [0.05, 0.1) is 18.2 Å². The van der Waals surface area contributed by atoms with Gasteiger partial charge in [-0.1, -0.05) is 0 Å². The van der Waals surface area contributed by atoms with Crippen LogP contribution in [0.25, 0.3) is 0 Å². The summed E-state index contributed by atoms with van der Waals surface area (Å²) >= 11 is 0. The van der Waals surface area contributed by atoms with Crippen LogP contribution in [0.1, 0.15) is 24.0 Å². The molecule has 1 aliphatic rings. The molecule has 1 saturated carbocycles. The van der Waals surface area contributed by atoms with E-state index in [9.17, 15) is 13.2 Å². The van der Waals surface area contributed by atoms with Gasteiger partial charge in [-0.05, 0) is 37.0 Å². The molecule has 3 N–H and O–H groups in total. The number of hydrogen-bond donors (Lipinski definition) is 2. The lowest BCUT2D eigenvalue weighted by atomic mass is 10.1. The van der Waals surface area contributed by atoms with Crippen molar-refractivity contribution in [2.24, 2.45) is 16.8 Å². The molecule has 1 aromatic carbocycles. The standard InChI is InChI=1S/C13H16F3N3O/c1-20-11-6-9(13(14,15)16)4-5-10(11)12(19-17)18-7-8-2-3-8/h4-6,8H,2-3,7,17H2,1H3,(H,18,19). The van der Waals surface area contributed by atoms with Gasteiger partial charge in [-0.25, -0.2) is 5.84 Å². The molecule has 1 aliphatic carbocycles. The first-order valence-corrected chi connectivity index (χ1v) is 6.22. The molecule has 0 saturated heterocycles. The van der Waals surface area contributed by atoms with Crippen LogP contribution in [0.15, 0.2) is 23.2 Å². The van der Waals surface area contributed by atoms with Crippen LogP contribution in [0.4, 0.5) is 13.2 Å². The quantitative estimate of drug-likeness (QED) is 0.387. The van der Waals surface area contributed by atoms with Crippen molar-refractivity contribution in [2.45, 2.75) is 19.0 Å². The molecule has 4 nitrogen and oxygen atoms in total. The molecule has 20 heavy (non-hydrogen) atoms. The number of nitrogens with zero attached hydrogens (tertiary/aromatic N) is 1. The minimum absolute atomic E-state index is 0.0901. The highest BCUT2D eigenvalue weighted by Crippen LogP contribution is 2.33. The fraction of sp³-hybridized carbons (Fsp3) is 0.462. The Labute approximate surface area is 114 Å². The maximum atomic E-state index is 12.7. The number of methoxy groups -OCH3 is 1. The molecule has 0 aromatic heterocycles. The van der Waals surface area contributed by atoms with Crippen LogP contribution >= 0.6 is 0 Å². The molecule has 0 bridgehead atoms. The zero-order valence-corrected chi connectivity index (χ0v) is 11.0. The molecule has 110 valence electrons. The zero-order chi connectivity index (χ0) is 14.8. The smallest absolute Gasteiger partial charge is 0.416 e. The summed E-state index contributed by atoms with van der Waals surface area (Å²) < 4.78 is 43.0. The monoisotopic (exact) mass is 287 g/mol. The van der Waals surface area contributed by atoms with Crippen LogP contribution in [-0.4, -0.2) is 19.5 Å². The predicted octanol–water partition coefficient (Wildman–Crippen LogP) is 2.33. The Bertz CT molecular complexity index is 510. The molecule has 1 aromatic rings. The summed E-state index contributed by atoms with van der Waals surface area (Å²) in [5, 5.41) is 0. The Morgan fingerprint density at radius 2 is 2.15 bits per heavy atom. The lowest BCUT2D eigenvalue weighted by molar-refractivity contribution is -0.137.